The van der Waals surface area contributed by atoms with Crippen molar-refractivity contribution in [1.82, 2.24) is 45.3 Å². The van der Waals surface area contributed by atoms with E-state index in [1.54, 1.807) is 28.4 Å². The number of benzene rings is 2. The highest BCUT2D eigenvalue weighted by Crippen LogP contribution is 2.51. The van der Waals surface area contributed by atoms with Crippen molar-refractivity contribution in [3.05, 3.63) is 83.2 Å². The number of hydrogen-bond acceptors (Lipinski definition) is 17. The molecule has 426 valence electrons. The van der Waals surface area contributed by atoms with Crippen LogP contribution >= 0.6 is 11.3 Å². The number of carbonyl (C=O) groups is 3. The zero-order chi connectivity index (χ0) is 55.4. The van der Waals surface area contributed by atoms with Gasteiger partial charge >= 0.3 is 0 Å². The number of para-hydroxylation sites is 1. The number of aromatic nitrogens is 4. The smallest absolute Gasteiger partial charge is 0.253 e. The van der Waals surface area contributed by atoms with Crippen LogP contribution in [0.4, 0.5) is 17.3 Å². The van der Waals surface area contributed by atoms with Crippen molar-refractivity contribution >= 4 is 46.4 Å². The number of nitrogens with zero attached hydrogens (tertiary/aromatic N) is 10. The molecule has 1 saturated carbocycles. The Balaban J connectivity index is 0.582. The van der Waals surface area contributed by atoms with Gasteiger partial charge in [-0.1, -0.05) is 55.4 Å². The first-order valence-corrected chi connectivity index (χ1v) is 30.1. The second-order valence-corrected chi connectivity index (χ2v) is 25.4. The molecule has 3 amide bonds. The number of morpholine rings is 1. The van der Waals surface area contributed by atoms with Gasteiger partial charge in [0.2, 0.25) is 11.8 Å². The first kappa shape index (κ1) is 54.4. The minimum absolute atomic E-state index is 0.0652. The number of nitrogen functional groups attached to an aromatic ring is 1. The van der Waals surface area contributed by atoms with Gasteiger partial charge in [0, 0.05) is 88.5 Å². The van der Waals surface area contributed by atoms with Gasteiger partial charge in [-0.15, -0.1) is 21.5 Å². The van der Waals surface area contributed by atoms with E-state index >= 15 is 0 Å². The Morgan fingerprint density at radius 1 is 0.875 bits per heavy atom. The molecule has 2 bridgehead atoms. The summed E-state index contributed by atoms with van der Waals surface area (Å²) in [5.74, 6) is 1.13. The highest BCUT2D eigenvalue weighted by Gasteiger charge is 2.51. The van der Waals surface area contributed by atoms with E-state index in [-0.39, 0.29) is 60.5 Å². The van der Waals surface area contributed by atoms with E-state index in [1.165, 1.54) is 25.7 Å². The van der Waals surface area contributed by atoms with Crippen LogP contribution in [0, 0.1) is 24.2 Å². The largest absolute Gasteiger partial charge is 0.507 e. The summed E-state index contributed by atoms with van der Waals surface area (Å²) in [6.45, 7) is 16.5. The SMILES string of the molecule is Cc1ncsc1-c1ccc([C@H](C)NC(=O)[C@@H]2C[C@@H](O)CN2C(=O)[C@@H](c2cc(N3CCC(CN4CCC5(CC4)CC(N4CCO[C@@H](C(=O)N6C7CCC6CN(c6cc(-c8ccccc8O)nnc6N)C7)C4)C5)CC3)no2)C(C)C)cc1. The van der Waals surface area contributed by atoms with Crippen molar-refractivity contribution in [2.24, 2.45) is 17.3 Å². The molecule has 1 spiro atoms. The summed E-state index contributed by atoms with van der Waals surface area (Å²) in [4.78, 5) is 61.5. The van der Waals surface area contributed by atoms with E-state index < -0.39 is 24.2 Å². The molecule has 0 radical (unpaired) electrons. The van der Waals surface area contributed by atoms with Crippen LogP contribution in [-0.4, -0.2) is 176 Å². The van der Waals surface area contributed by atoms with E-state index in [0.29, 0.717) is 66.5 Å². The monoisotopic (exact) mass is 1110 g/mol. The molecule has 1 aliphatic carbocycles. The minimum Gasteiger partial charge on any atom is -0.507 e. The standard InChI is InChI=1S/C60H78N12O7S/c1-36(2)54(59(77)71-33-45(73)25-49(71)57(75)63-37(3)40-9-11-41(12-10-40)55-38(4)62-35-80-55)51-27-53(66-79-51)68-19-15-39(16-20-68)30-67-21-17-60(18-22-67)28-44(29-60)69-23-24-78-52(34-69)58(76)72-42-13-14-43(72)32-70(31-42)48-26-47(64-65-56(48)61)46-7-5-6-8-50(46)74/h5-12,26-27,35-37,39,42-45,49,52,54,73-74H,13-25,28-34H2,1-4H3,(H2,61,65)(H,63,75)/t37-,42?,43?,45+,49-,52+,54+/m0/s1. The van der Waals surface area contributed by atoms with Gasteiger partial charge in [0.1, 0.15) is 23.8 Å². The molecule has 80 heavy (non-hydrogen) atoms. The predicted molar refractivity (Wildman–Crippen MR) is 306 cm³/mol. The topological polar surface area (TPSA) is 223 Å². The maximum absolute atomic E-state index is 14.4. The lowest BCUT2D eigenvalue weighted by molar-refractivity contribution is -0.158. The molecule has 19 nitrogen and oxygen atoms in total. The first-order valence-electron chi connectivity index (χ1n) is 29.2. The number of thiazole rings is 1. The molecular formula is C60H78N12O7S. The number of rotatable bonds is 14. The first-order chi connectivity index (χ1) is 38.7. The van der Waals surface area contributed by atoms with Crippen LogP contribution in [0.2, 0.25) is 0 Å². The summed E-state index contributed by atoms with van der Waals surface area (Å²) in [6, 6.07) is 18.5. The zero-order valence-electron chi connectivity index (χ0n) is 46.7. The average Bonchev–Trinajstić information content (AvgIpc) is 4.33. The van der Waals surface area contributed by atoms with Crippen molar-refractivity contribution in [3.63, 3.8) is 0 Å². The van der Waals surface area contributed by atoms with E-state index in [2.05, 4.69) is 50.2 Å². The van der Waals surface area contributed by atoms with Crippen molar-refractivity contribution in [1.29, 1.82) is 0 Å². The normalized spacial score (nSPS) is 25.6. The van der Waals surface area contributed by atoms with E-state index in [1.807, 2.05) is 81.7 Å². The fourth-order valence-corrected chi connectivity index (χ4v) is 15.3. The lowest BCUT2D eigenvalue weighted by Gasteiger charge is -2.56. The Labute approximate surface area is 472 Å². The third kappa shape index (κ3) is 10.9. The molecule has 7 fully saturated rings. The highest BCUT2D eigenvalue weighted by molar-refractivity contribution is 7.13. The van der Waals surface area contributed by atoms with Gasteiger partial charge in [-0.2, -0.15) is 0 Å². The number of nitrogens with one attached hydrogen (secondary N) is 1. The molecule has 7 atom stereocenters. The molecule has 7 aliphatic rings. The van der Waals surface area contributed by atoms with Crippen LogP contribution in [0.5, 0.6) is 5.75 Å². The van der Waals surface area contributed by atoms with Crippen LogP contribution < -0.4 is 20.9 Å². The number of aromatic hydroxyl groups is 1. The van der Waals surface area contributed by atoms with E-state index in [4.69, 9.17) is 15.0 Å². The van der Waals surface area contributed by atoms with Crippen molar-refractivity contribution in [2.45, 2.75) is 134 Å². The molecule has 20 heteroatoms. The van der Waals surface area contributed by atoms with E-state index in [0.717, 1.165) is 98.2 Å². The van der Waals surface area contributed by atoms with Crippen molar-refractivity contribution < 1.29 is 33.9 Å². The van der Waals surface area contributed by atoms with Gasteiger partial charge in [-0.25, -0.2) is 4.98 Å². The summed E-state index contributed by atoms with van der Waals surface area (Å²) in [6.07, 6.45) is 7.73. The third-order valence-corrected chi connectivity index (χ3v) is 20.0. The summed E-state index contributed by atoms with van der Waals surface area (Å²) < 4.78 is 12.2. The Kier molecular flexibility index (Phi) is 15.4. The number of β-amino-alcohol motifs (C(OH)–C–C–N with tert-alkyl or cyclic N) is 1. The Bertz CT molecular complexity index is 3010. The highest BCUT2D eigenvalue weighted by atomic mass is 32.1. The van der Waals surface area contributed by atoms with Crippen molar-refractivity contribution in [2.75, 3.05) is 87.6 Å². The molecule has 12 rings (SSSR count). The number of aliphatic hydroxyl groups is 1. The molecule has 9 heterocycles. The lowest BCUT2D eigenvalue weighted by Crippen LogP contribution is -2.63. The van der Waals surface area contributed by atoms with Gasteiger partial charge in [0.05, 0.1) is 46.2 Å². The maximum atomic E-state index is 14.4. The zero-order valence-corrected chi connectivity index (χ0v) is 47.5. The number of piperazine rings is 1. The number of carbonyl (C=O) groups excluding carboxylic acids is 3. The predicted octanol–water partition coefficient (Wildman–Crippen LogP) is 6.47. The van der Waals surface area contributed by atoms with Gasteiger partial charge in [-0.3, -0.25) is 19.3 Å². The Morgan fingerprint density at radius 2 is 1.61 bits per heavy atom. The number of ether oxygens (including phenoxy) is 1. The number of fused-ring (bicyclic) bond motifs is 2. The number of phenols is 1. The average molecular weight is 1110 g/mol. The molecule has 2 aromatic carbocycles. The van der Waals surface area contributed by atoms with E-state index in [9.17, 15) is 24.6 Å². The van der Waals surface area contributed by atoms with Crippen LogP contribution in [-0.2, 0) is 19.1 Å². The van der Waals surface area contributed by atoms with Crippen LogP contribution in [0.3, 0.4) is 0 Å². The van der Waals surface area contributed by atoms with Crippen LogP contribution in [0.15, 0.2) is 70.7 Å². The van der Waals surface area contributed by atoms with Gasteiger partial charge in [-0.05, 0) is 125 Å². The quantitative estimate of drug-likeness (QED) is 0.0935. The summed E-state index contributed by atoms with van der Waals surface area (Å²) >= 11 is 1.60. The number of anilines is 3. The van der Waals surface area contributed by atoms with Crippen LogP contribution in [0.25, 0.3) is 21.7 Å². The van der Waals surface area contributed by atoms with Crippen LogP contribution in [0.1, 0.15) is 108 Å². The minimum atomic E-state index is -0.804. The second-order valence-electron chi connectivity index (χ2n) is 24.5. The lowest BCUT2D eigenvalue weighted by atomic mass is 9.60. The summed E-state index contributed by atoms with van der Waals surface area (Å²) in [7, 11) is 0. The molecule has 2 unspecified atom stereocenters. The molecular weight excluding hydrogens is 1030 g/mol. The molecule has 5 N–H and O–H groups in total. The summed E-state index contributed by atoms with van der Waals surface area (Å²) in [5.41, 5.74) is 13.6. The molecule has 5 aromatic rings. The van der Waals surface area contributed by atoms with Gasteiger partial charge < -0.3 is 55.0 Å². The fourth-order valence-electron chi connectivity index (χ4n) is 14.5. The molecule has 3 aromatic heterocycles. The number of phenolic OH excluding ortho intramolecular Hbond substituents is 1. The van der Waals surface area contributed by atoms with Gasteiger partial charge in [0.15, 0.2) is 17.4 Å². The number of hydrogen-bond donors (Lipinski definition) is 4. The number of amides is 3. The summed E-state index contributed by atoms with van der Waals surface area (Å²) in [5, 5.41) is 37.5. The number of likely N-dealkylation sites (tertiary alicyclic amines) is 2. The maximum Gasteiger partial charge on any atom is 0.253 e. The number of piperidine rings is 2. The fraction of sp³-hybridized carbons (Fsp3) is 0.583. The molecule has 6 aliphatic heterocycles. The number of nitrogens with two attached hydrogens (primary N) is 1. The van der Waals surface area contributed by atoms with Crippen molar-refractivity contribution in [3.8, 4) is 27.4 Å². The number of aryl methyl sites for hydroxylation is 1. The Morgan fingerprint density at radius 3 is 2.31 bits per heavy atom. The van der Waals surface area contributed by atoms with Gasteiger partial charge in [0.25, 0.3) is 5.91 Å². The Hall–Kier alpha value is -6.19. The molecule has 6 saturated heterocycles. The number of aliphatic hydroxyl groups excluding tert-OH is 1. The second kappa shape index (κ2) is 22.6. The third-order valence-electron chi connectivity index (χ3n) is 19.1.